The second kappa shape index (κ2) is 8.40. The quantitative estimate of drug-likeness (QED) is 0.386. The Morgan fingerprint density at radius 3 is 2.27 bits per heavy atom. The van der Waals surface area contributed by atoms with Crippen molar-refractivity contribution in [2.24, 2.45) is 5.14 Å². The number of hydrazine groups is 3. The first-order chi connectivity index (χ1) is 14.3. The van der Waals surface area contributed by atoms with E-state index in [-0.39, 0.29) is 16.9 Å². The molecule has 4 rings (SSSR count). The minimum atomic E-state index is -3.96. The molecular weight excluding hydrogens is 408 g/mol. The second-order valence-corrected chi connectivity index (χ2v) is 8.86. The van der Waals surface area contributed by atoms with E-state index in [1.54, 1.807) is 41.3 Å². The molecular formula is C19H24N6O4S. The van der Waals surface area contributed by atoms with E-state index < -0.39 is 16.2 Å². The number of likely N-dealkylation sites (tertiary alicyclic amines) is 1. The fraction of sp³-hybridized carbons (Fsp3) is 0.316. The van der Waals surface area contributed by atoms with E-state index in [0.29, 0.717) is 42.6 Å². The molecule has 0 aliphatic carbocycles. The van der Waals surface area contributed by atoms with E-state index >= 15 is 0 Å². The number of carbonyl (C=O) groups is 1. The molecule has 2 heterocycles. The molecule has 7 N–H and O–H groups in total. The zero-order valence-corrected chi connectivity index (χ0v) is 16.9. The summed E-state index contributed by atoms with van der Waals surface area (Å²) < 4.78 is 24.3. The van der Waals surface area contributed by atoms with Gasteiger partial charge in [-0.15, -0.1) is 0 Å². The number of hydrogen-bond donors (Lipinski definition) is 6. The maximum Gasteiger partial charge on any atom is 0.253 e. The number of benzene rings is 2. The zero-order chi connectivity index (χ0) is 21.3. The highest BCUT2D eigenvalue weighted by Gasteiger charge is 2.27. The Bertz CT molecular complexity index is 1030. The number of primary sulfonamides is 1. The molecule has 160 valence electrons. The van der Waals surface area contributed by atoms with E-state index in [9.17, 15) is 18.3 Å². The number of sulfonamides is 1. The molecule has 2 saturated heterocycles. The van der Waals surface area contributed by atoms with Crippen LogP contribution >= 0.6 is 0 Å². The van der Waals surface area contributed by atoms with Gasteiger partial charge in [0, 0.05) is 24.2 Å². The summed E-state index contributed by atoms with van der Waals surface area (Å²) in [6.07, 6.45) is 0.270. The van der Waals surface area contributed by atoms with Crippen LogP contribution in [-0.4, -0.2) is 43.5 Å². The summed E-state index contributed by atoms with van der Waals surface area (Å²) in [5.41, 5.74) is 13.6. The lowest BCUT2D eigenvalue weighted by atomic mass is 9.96. The van der Waals surface area contributed by atoms with Gasteiger partial charge in [-0.05, 0) is 42.2 Å². The minimum Gasteiger partial charge on any atom is -0.393 e. The van der Waals surface area contributed by atoms with Gasteiger partial charge in [-0.25, -0.2) is 24.4 Å². The van der Waals surface area contributed by atoms with Gasteiger partial charge in [0.1, 0.15) is 6.17 Å². The summed E-state index contributed by atoms with van der Waals surface area (Å²) in [5.74, 6) is -0.0838. The van der Waals surface area contributed by atoms with Crippen molar-refractivity contribution in [3.63, 3.8) is 0 Å². The molecule has 0 bridgehead atoms. The average molecular weight is 433 g/mol. The topological polar surface area (TPSA) is 149 Å². The lowest BCUT2D eigenvalue weighted by Crippen LogP contribution is -2.40. The van der Waals surface area contributed by atoms with Gasteiger partial charge < -0.3 is 10.0 Å². The van der Waals surface area contributed by atoms with Crippen LogP contribution in [0.25, 0.3) is 11.1 Å². The SMILES string of the molecule is NS(=O)(=O)c1cccc(-c2ccc(C(=O)N3CCC(O)CC3)cc2)c1C1NNNN1. The van der Waals surface area contributed by atoms with Crippen LogP contribution in [0.2, 0.25) is 0 Å². The Balaban J connectivity index is 1.67. The number of carbonyl (C=O) groups excluding carboxylic acids is 1. The van der Waals surface area contributed by atoms with Crippen LogP contribution in [-0.2, 0) is 10.0 Å². The number of nitrogens with one attached hydrogen (secondary N) is 4. The van der Waals surface area contributed by atoms with Crippen LogP contribution in [0.4, 0.5) is 0 Å². The van der Waals surface area contributed by atoms with Crippen molar-refractivity contribution < 1.29 is 18.3 Å². The molecule has 10 nitrogen and oxygen atoms in total. The standard InChI is InChI=1S/C19H24N6O4S/c20-30(28,29)16-3-1-2-15(17(16)18-21-23-24-22-18)12-4-6-13(7-5-12)19(27)25-10-8-14(26)9-11-25/h1-7,14,18,21-24,26H,8-11H2,(H2,20,28,29). The third-order valence-electron chi connectivity index (χ3n) is 5.35. The molecule has 0 radical (unpaired) electrons. The van der Waals surface area contributed by atoms with Gasteiger partial charge in [0.2, 0.25) is 10.0 Å². The van der Waals surface area contributed by atoms with E-state index in [2.05, 4.69) is 21.9 Å². The Morgan fingerprint density at radius 1 is 1.03 bits per heavy atom. The molecule has 0 saturated carbocycles. The minimum absolute atomic E-state index is 0.00234. The molecule has 1 amide bonds. The normalized spacial score (nSPS) is 18.7. The van der Waals surface area contributed by atoms with E-state index in [1.807, 2.05) is 0 Å². The van der Waals surface area contributed by atoms with Crippen LogP contribution in [0.5, 0.6) is 0 Å². The van der Waals surface area contributed by atoms with Gasteiger partial charge in [-0.1, -0.05) is 24.3 Å². The summed E-state index contributed by atoms with van der Waals surface area (Å²) in [6, 6.07) is 11.9. The second-order valence-electron chi connectivity index (χ2n) is 7.33. The number of hydrogen-bond acceptors (Lipinski definition) is 8. The van der Waals surface area contributed by atoms with Crippen molar-refractivity contribution in [3.8, 4) is 11.1 Å². The van der Waals surface area contributed by atoms with Crippen molar-refractivity contribution in [1.29, 1.82) is 0 Å². The lowest BCUT2D eigenvalue weighted by molar-refractivity contribution is 0.0546. The fourth-order valence-corrected chi connectivity index (χ4v) is 4.59. The Hall–Kier alpha value is -2.38. The molecule has 0 spiro atoms. The van der Waals surface area contributed by atoms with Gasteiger partial charge in [0.25, 0.3) is 5.91 Å². The first-order valence-electron chi connectivity index (χ1n) is 9.59. The Kier molecular flexibility index (Phi) is 5.84. The zero-order valence-electron chi connectivity index (χ0n) is 16.1. The predicted molar refractivity (Wildman–Crippen MR) is 110 cm³/mol. The highest BCUT2D eigenvalue weighted by molar-refractivity contribution is 7.89. The average Bonchev–Trinajstić information content (AvgIpc) is 3.27. The first-order valence-corrected chi connectivity index (χ1v) is 11.1. The predicted octanol–water partition coefficient (Wildman–Crippen LogP) is -0.286. The van der Waals surface area contributed by atoms with Crippen LogP contribution < -0.4 is 27.1 Å². The molecule has 2 aromatic carbocycles. The number of aliphatic hydroxyl groups is 1. The van der Waals surface area contributed by atoms with Crippen LogP contribution in [0.3, 0.4) is 0 Å². The number of piperidine rings is 1. The lowest BCUT2D eigenvalue weighted by Gasteiger charge is -2.29. The van der Waals surface area contributed by atoms with Gasteiger partial charge in [0.05, 0.1) is 11.0 Å². The van der Waals surface area contributed by atoms with Gasteiger partial charge in [-0.3, -0.25) is 4.79 Å². The molecule has 30 heavy (non-hydrogen) atoms. The number of amides is 1. The molecule has 11 heteroatoms. The summed E-state index contributed by atoms with van der Waals surface area (Å²) in [7, 11) is -3.96. The third-order valence-corrected chi connectivity index (χ3v) is 6.32. The largest absolute Gasteiger partial charge is 0.393 e. The van der Waals surface area contributed by atoms with Crippen LogP contribution in [0, 0.1) is 0 Å². The summed E-state index contributed by atoms with van der Waals surface area (Å²) in [4.78, 5) is 14.5. The van der Waals surface area contributed by atoms with Crippen LogP contribution in [0.15, 0.2) is 47.4 Å². The number of nitrogens with two attached hydrogens (primary N) is 1. The van der Waals surface area contributed by atoms with Gasteiger partial charge in [0.15, 0.2) is 0 Å². The molecule has 2 aromatic rings. The molecule has 2 fully saturated rings. The number of aliphatic hydroxyl groups excluding tert-OH is 1. The van der Waals surface area contributed by atoms with E-state index in [4.69, 9.17) is 5.14 Å². The van der Waals surface area contributed by atoms with Gasteiger partial charge in [-0.2, -0.15) is 11.1 Å². The number of rotatable bonds is 4. The maximum absolute atomic E-state index is 12.7. The molecule has 2 aliphatic heterocycles. The molecule has 0 atom stereocenters. The maximum atomic E-state index is 12.7. The molecule has 0 unspecified atom stereocenters. The highest BCUT2D eigenvalue weighted by atomic mass is 32.2. The summed E-state index contributed by atoms with van der Waals surface area (Å²) >= 11 is 0. The van der Waals surface area contributed by atoms with Crippen molar-refractivity contribution in [2.75, 3.05) is 13.1 Å². The van der Waals surface area contributed by atoms with Crippen molar-refractivity contribution in [2.45, 2.75) is 30.0 Å². The summed E-state index contributed by atoms with van der Waals surface area (Å²) in [5, 5.41) is 15.1. The summed E-state index contributed by atoms with van der Waals surface area (Å²) in [6.45, 7) is 1.06. The smallest absolute Gasteiger partial charge is 0.253 e. The first kappa shape index (κ1) is 20.9. The number of nitrogens with zero attached hydrogens (tertiary/aromatic N) is 1. The molecule has 0 aromatic heterocycles. The third kappa shape index (κ3) is 4.23. The monoisotopic (exact) mass is 432 g/mol. The highest BCUT2D eigenvalue weighted by Crippen LogP contribution is 2.32. The fourth-order valence-electron chi connectivity index (χ4n) is 3.78. The van der Waals surface area contributed by atoms with E-state index in [0.717, 1.165) is 5.56 Å². The van der Waals surface area contributed by atoms with Crippen molar-refractivity contribution in [3.05, 3.63) is 53.6 Å². The van der Waals surface area contributed by atoms with Crippen molar-refractivity contribution >= 4 is 15.9 Å². The van der Waals surface area contributed by atoms with Crippen LogP contribution in [0.1, 0.15) is 34.9 Å². The molecule has 2 aliphatic rings. The van der Waals surface area contributed by atoms with E-state index in [1.165, 1.54) is 6.07 Å². The Morgan fingerprint density at radius 2 is 1.67 bits per heavy atom. The van der Waals surface area contributed by atoms with Gasteiger partial charge >= 0.3 is 0 Å². The van der Waals surface area contributed by atoms with Crippen molar-refractivity contribution in [1.82, 2.24) is 26.8 Å². The Labute approximate surface area is 174 Å².